The summed E-state index contributed by atoms with van der Waals surface area (Å²) in [5.41, 5.74) is 3.13. The molecule has 17 heavy (non-hydrogen) atoms. The van der Waals surface area contributed by atoms with E-state index in [1.807, 2.05) is 13.0 Å². The van der Waals surface area contributed by atoms with Crippen LogP contribution in [-0.2, 0) is 0 Å². The molecule has 2 aromatic carbocycles. The first-order chi connectivity index (χ1) is 8.19. The molecule has 0 unspecified atom stereocenters. The average Bonchev–Trinajstić information content (AvgIpc) is 2.32. The molecule has 0 spiro atoms. The summed E-state index contributed by atoms with van der Waals surface area (Å²) in [4.78, 5) is 0. The van der Waals surface area contributed by atoms with Gasteiger partial charge in [0.2, 0.25) is 0 Å². The van der Waals surface area contributed by atoms with E-state index in [-0.39, 0.29) is 5.82 Å². The second-order valence-electron chi connectivity index (χ2n) is 3.78. The molecule has 0 saturated carbocycles. The molecule has 0 aliphatic rings. The van der Waals surface area contributed by atoms with Crippen molar-refractivity contribution >= 4 is 11.4 Å². The second-order valence-corrected chi connectivity index (χ2v) is 3.78. The van der Waals surface area contributed by atoms with E-state index in [0.29, 0.717) is 11.3 Å². The Labute approximate surface area is 99.3 Å². The van der Waals surface area contributed by atoms with Crippen molar-refractivity contribution < 1.29 is 4.39 Å². The number of nitriles is 1. The monoisotopic (exact) mass is 226 g/mol. The van der Waals surface area contributed by atoms with Gasteiger partial charge in [0.15, 0.2) is 0 Å². The third-order valence-electron chi connectivity index (χ3n) is 2.46. The number of nitrogens with zero attached hydrogens (tertiary/aromatic N) is 1. The largest absolute Gasteiger partial charge is 0.355 e. The molecule has 0 aliphatic carbocycles. The molecular formula is C14H11FN2. The lowest BCUT2D eigenvalue weighted by Gasteiger charge is -2.09. The van der Waals surface area contributed by atoms with Crippen molar-refractivity contribution in [3.63, 3.8) is 0 Å². The molecule has 0 bridgehead atoms. The predicted molar refractivity (Wildman–Crippen MR) is 65.6 cm³/mol. The van der Waals surface area contributed by atoms with Crippen LogP contribution in [-0.4, -0.2) is 0 Å². The maximum atomic E-state index is 13.0. The van der Waals surface area contributed by atoms with E-state index in [2.05, 4.69) is 11.4 Å². The van der Waals surface area contributed by atoms with E-state index < -0.39 is 0 Å². The van der Waals surface area contributed by atoms with Crippen LogP contribution in [0.15, 0.2) is 42.5 Å². The van der Waals surface area contributed by atoms with Crippen LogP contribution < -0.4 is 5.32 Å². The third-order valence-corrected chi connectivity index (χ3v) is 2.46. The Bertz CT molecular complexity index is 585. The summed E-state index contributed by atoms with van der Waals surface area (Å²) in [5, 5.41) is 11.9. The molecule has 0 amide bonds. The minimum atomic E-state index is -0.277. The van der Waals surface area contributed by atoms with Crippen molar-refractivity contribution in [1.29, 1.82) is 5.26 Å². The van der Waals surface area contributed by atoms with Crippen LogP contribution in [0.2, 0.25) is 0 Å². The predicted octanol–water partition coefficient (Wildman–Crippen LogP) is 3.75. The Balaban J connectivity index is 2.28. The molecule has 84 valence electrons. The van der Waals surface area contributed by atoms with E-state index in [0.717, 1.165) is 11.3 Å². The zero-order chi connectivity index (χ0) is 12.3. The Kier molecular flexibility index (Phi) is 3.06. The lowest BCUT2D eigenvalue weighted by atomic mass is 10.1. The SMILES string of the molecule is Cc1cc(C#N)ccc1Nc1cccc(F)c1. The van der Waals surface area contributed by atoms with E-state index in [9.17, 15) is 4.39 Å². The second kappa shape index (κ2) is 4.67. The summed E-state index contributed by atoms with van der Waals surface area (Å²) < 4.78 is 13.0. The summed E-state index contributed by atoms with van der Waals surface area (Å²) in [6.07, 6.45) is 0. The number of anilines is 2. The van der Waals surface area contributed by atoms with Crippen LogP contribution in [0.3, 0.4) is 0 Å². The number of aryl methyl sites for hydroxylation is 1. The van der Waals surface area contributed by atoms with Gasteiger partial charge in [0.05, 0.1) is 11.6 Å². The fourth-order valence-corrected chi connectivity index (χ4v) is 1.60. The zero-order valence-corrected chi connectivity index (χ0v) is 9.37. The van der Waals surface area contributed by atoms with Crippen LogP contribution in [0, 0.1) is 24.1 Å². The minimum Gasteiger partial charge on any atom is -0.355 e. The fourth-order valence-electron chi connectivity index (χ4n) is 1.60. The lowest BCUT2D eigenvalue weighted by Crippen LogP contribution is -1.94. The normalized spacial score (nSPS) is 9.71. The van der Waals surface area contributed by atoms with Crippen LogP contribution in [0.4, 0.5) is 15.8 Å². The molecular weight excluding hydrogens is 215 g/mol. The highest BCUT2D eigenvalue weighted by Crippen LogP contribution is 2.21. The standard InChI is InChI=1S/C14H11FN2/c1-10-7-11(9-16)5-6-14(10)17-13-4-2-3-12(15)8-13/h2-8,17H,1H3. The summed E-state index contributed by atoms with van der Waals surface area (Å²) >= 11 is 0. The molecule has 1 N–H and O–H groups in total. The summed E-state index contributed by atoms with van der Waals surface area (Å²) in [6, 6.07) is 13.7. The van der Waals surface area contributed by atoms with Crippen LogP contribution in [0.25, 0.3) is 0 Å². The van der Waals surface area contributed by atoms with Gasteiger partial charge < -0.3 is 5.32 Å². The van der Waals surface area contributed by atoms with Crippen LogP contribution in [0.5, 0.6) is 0 Å². The van der Waals surface area contributed by atoms with Gasteiger partial charge in [-0.3, -0.25) is 0 Å². The molecule has 2 rings (SSSR count). The summed E-state index contributed by atoms with van der Waals surface area (Å²) in [5.74, 6) is -0.277. The fraction of sp³-hybridized carbons (Fsp3) is 0.0714. The summed E-state index contributed by atoms with van der Waals surface area (Å²) in [7, 11) is 0. The molecule has 0 fully saturated rings. The number of rotatable bonds is 2. The number of halogens is 1. The lowest BCUT2D eigenvalue weighted by molar-refractivity contribution is 0.628. The van der Waals surface area contributed by atoms with E-state index in [1.165, 1.54) is 12.1 Å². The zero-order valence-electron chi connectivity index (χ0n) is 9.37. The molecule has 2 nitrogen and oxygen atoms in total. The molecule has 3 heteroatoms. The van der Waals surface area contributed by atoms with E-state index in [4.69, 9.17) is 5.26 Å². The molecule has 0 heterocycles. The van der Waals surface area contributed by atoms with Crippen LogP contribution in [0.1, 0.15) is 11.1 Å². The van der Waals surface area contributed by atoms with Crippen LogP contribution >= 0.6 is 0 Å². The first kappa shape index (κ1) is 11.2. The Hall–Kier alpha value is -2.34. The minimum absolute atomic E-state index is 0.277. The van der Waals surface area contributed by atoms with Crippen molar-refractivity contribution in [2.45, 2.75) is 6.92 Å². The van der Waals surface area contributed by atoms with Gasteiger partial charge in [-0.05, 0) is 48.9 Å². The highest BCUT2D eigenvalue weighted by molar-refractivity contribution is 5.64. The first-order valence-electron chi connectivity index (χ1n) is 5.22. The quantitative estimate of drug-likeness (QED) is 0.846. The van der Waals surface area contributed by atoms with E-state index >= 15 is 0 Å². The highest BCUT2D eigenvalue weighted by Gasteiger charge is 2.01. The topological polar surface area (TPSA) is 35.8 Å². The third kappa shape index (κ3) is 2.61. The van der Waals surface area contributed by atoms with E-state index in [1.54, 1.807) is 24.3 Å². The van der Waals surface area contributed by atoms with Gasteiger partial charge >= 0.3 is 0 Å². The number of hydrogen-bond acceptors (Lipinski definition) is 2. The molecule has 0 aliphatic heterocycles. The maximum absolute atomic E-state index is 13.0. The van der Waals surface area contributed by atoms with Crippen molar-refractivity contribution in [3.05, 3.63) is 59.4 Å². The van der Waals surface area contributed by atoms with Crippen molar-refractivity contribution in [3.8, 4) is 6.07 Å². The molecule has 0 radical (unpaired) electrons. The van der Waals surface area contributed by atoms with Crippen molar-refractivity contribution in [1.82, 2.24) is 0 Å². The van der Waals surface area contributed by atoms with Gasteiger partial charge in [-0.15, -0.1) is 0 Å². The van der Waals surface area contributed by atoms with Gasteiger partial charge in [-0.2, -0.15) is 5.26 Å². The molecule has 2 aromatic rings. The van der Waals surface area contributed by atoms with Crippen molar-refractivity contribution in [2.75, 3.05) is 5.32 Å². The summed E-state index contributed by atoms with van der Waals surface area (Å²) in [6.45, 7) is 1.91. The highest BCUT2D eigenvalue weighted by atomic mass is 19.1. The Morgan fingerprint density at radius 2 is 2.00 bits per heavy atom. The van der Waals surface area contributed by atoms with Gasteiger partial charge in [-0.1, -0.05) is 6.07 Å². The molecule has 0 aromatic heterocycles. The molecule has 0 saturated heterocycles. The number of nitrogens with one attached hydrogen (secondary N) is 1. The number of benzene rings is 2. The average molecular weight is 226 g/mol. The van der Waals surface area contributed by atoms with Crippen molar-refractivity contribution in [2.24, 2.45) is 0 Å². The van der Waals surface area contributed by atoms with Gasteiger partial charge in [-0.25, -0.2) is 4.39 Å². The van der Waals surface area contributed by atoms with Gasteiger partial charge in [0, 0.05) is 11.4 Å². The number of hydrogen-bond donors (Lipinski definition) is 1. The Morgan fingerprint density at radius 3 is 2.65 bits per heavy atom. The maximum Gasteiger partial charge on any atom is 0.125 e. The van der Waals surface area contributed by atoms with Gasteiger partial charge in [0.1, 0.15) is 5.82 Å². The van der Waals surface area contributed by atoms with Gasteiger partial charge in [0.25, 0.3) is 0 Å². The Morgan fingerprint density at radius 1 is 1.18 bits per heavy atom. The first-order valence-corrected chi connectivity index (χ1v) is 5.22. The smallest absolute Gasteiger partial charge is 0.125 e. The molecule has 0 atom stereocenters.